The molecule has 10 heteroatoms. The number of aromatic nitrogens is 4. The average molecular weight is 524 g/mol. The number of ether oxygens (including phenoxy) is 1. The number of nitrogens with zero attached hydrogens (tertiary/aromatic N) is 6. The molecule has 2 aromatic carbocycles. The van der Waals surface area contributed by atoms with Crippen LogP contribution in [0.3, 0.4) is 0 Å². The normalized spacial score (nSPS) is 16.9. The molecule has 0 radical (unpaired) electrons. The second-order valence-corrected chi connectivity index (χ2v) is 10.9. The number of nitrogens with two attached hydrogens (primary N) is 1. The Hall–Kier alpha value is -4.44. The predicted octanol–water partition coefficient (Wildman–Crippen LogP) is 2.85. The number of amides is 2. The van der Waals surface area contributed by atoms with Crippen LogP contribution in [0, 0.1) is 0 Å². The van der Waals surface area contributed by atoms with E-state index < -0.39 is 5.91 Å². The van der Waals surface area contributed by atoms with Crippen LogP contribution in [0.1, 0.15) is 50.8 Å². The number of carbonyl (C=O) groups is 2. The Balaban J connectivity index is 1.29. The molecule has 0 unspecified atom stereocenters. The number of carbonyl (C=O) groups excluding carboxylic acids is 2. The number of primary amides is 1. The zero-order valence-corrected chi connectivity index (χ0v) is 21.9. The monoisotopic (exact) mass is 523 g/mol. The van der Waals surface area contributed by atoms with Gasteiger partial charge in [0.05, 0.1) is 18.8 Å². The van der Waals surface area contributed by atoms with Crippen LogP contribution >= 0.6 is 0 Å². The first-order chi connectivity index (χ1) is 18.8. The van der Waals surface area contributed by atoms with Crippen LogP contribution in [0.2, 0.25) is 0 Å². The van der Waals surface area contributed by atoms with Crippen LogP contribution in [0.15, 0.2) is 54.9 Å². The van der Waals surface area contributed by atoms with Gasteiger partial charge in [-0.25, -0.2) is 9.67 Å². The van der Waals surface area contributed by atoms with Crippen molar-refractivity contribution in [3.8, 4) is 17.1 Å². The Morgan fingerprint density at radius 1 is 1.10 bits per heavy atom. The Morgan fingerprint density at radius 3 is 2.56 bits per heavy atom. The minimum atomic E-state index is -0.611. The van der Waals surface area contributed by atoms with Crippen LogP contribution < -0.4 is 15.4 Å². The van der Waals surface area contributed by atoms with Gasteiger partial charge in [-0.2, -0.15) is 5.10 Å². The van der Waals surface area contributed by atoms with E-state index in [1.807, 2.05) is 72.2 Å². The standard InChI is InChI=1S/C29H29N7O3/c1-33(2)16-23-31-12-13-34(23)19-3-5-20(6-4-19)35-17-29(10-11-29)24-25(27(30)37)32-36(26(24)28(35)38)21-7-8-22-18(15-21)9-14-39-22/h3-8,12-13,15H,9-11,14,16-17H2,1-2H3,(H2,30,37). The van der Waals surface area contributed by atoms with Gasteiger partial charge in [0.2, 0.25) is 0 Å². The molecule has 10 nitrogen and oxygen atoms in total. The number of fused-ring (bicyclic) bond motifs is 3. The molecule has 1 aliphatic carbocycles. The summed E-state index contributed by atoms with van der Waals surface area (Å²) in [5, 5.41) is 4.62. The molecular formula is C29H29N7O3. The van der Waals surface area contributed by atoms with Gasteiger partial charge in [0.1, 0.15) is 17.3 Å². The van der Waals surface area contributed by atoms with E-state index >= 15 is 0 Å². The topological polar surface area (TPSA) is 112 Å². The lowest BCUT2D eigenvalue weighted by atomic mass is 9.88. The maximum atomic E-state index is 14.2. The summed E-state index contributed by atoms with van der Waals surface area (Å²) in [5.74, 6) is 0.974. The molecule has 1 fully saturated rings. The van der Waals surface area contributed by atoms with E-state index in [4.69, 9.17) is 10.5 Å². The van der Waals surface area contributed by atoms with Crippen molar-refractivity contribution in [2.75, 3.05) is 32.1 Å². The van der Waals surface area contributed by atoms with Crippen LogP contribution in [-0.4, -0.2) is 63.3 Å². The largest absolute Gasteiger partial charge is 0.493 e. The number of imidazole rings is 1. The van der Waals surface area contributed by atoms with Gasteiger partial charge in [-0.15, -0.1) is 0 Å². The molecule has 2 amide bonds. The molecule has 0 atom stereocenters. The molecule has 0 bridgehead atoms. The molecule has 2 N–H and O–H groups in total. The number of hydrogen-bond donors (Lipinski definition) is 1. The molecule has 3 aliphatic rings. The van der Waals surface area contributed by atoms with E-state index in [1.54, 1.807) is 10.9 Å². The molecule has 4 aromatic rings. The molecule has 1 saturated carbocycles. The quantitative estimate of drug-likeness (QED) is 0.416. The Morgan fingerprint density at radius 2 is 1.85 bits per heavy atom. The van der Waals surface area contributed by atoms with E-state index in [1.165, 1.54) is 0 Å². The van der Waals surface area contributed by atoms with Crippen molar-refractivity contribution < 1.29 is 14.3 Å². The smallest absolute Gasteiger partial charge is 0.277 e. The molecule has 2 aliphatic heterocycles. The third kappa shape index (κ3) is 3.74. The summed E-state index contributed by atoms with van der Waals surface area (Å²) < 4.78 is 9.32. The fraction of sp³-hybridized carbons (Fsp3) is 0.310. The van der Waals surface area contributed by atoms with Gasteiger partial charge < -0.3 is 24.8 Å². The summed E-state index contributed by atoms with van der Waals surface area (Å²) in [6.07, 6.45) is 6.27. The number of hydrogen-bond acceptors (Lipinski definition) is 6. The molecule has 4 heterocycles. The Bertz CT molecular complexity index is 1630. The molecular weight excluding hydrogens is 494 g/mol. The van der Waals surface area contributed by atoms with Gasteiger partial charge in [-0.1, -0.05) is 0 Å². The lowest BCUT2D eigenvalue weighted by Gasteiger charge is -2.33. The highest BCUT2D eigenvalue weighted by Crippen LogP contribution is 2.54. The average Bonchev–Trinajstić information content (AvgIpc) is 3.29. The van der Waals surface area contributed by atoms with Gasteiger partial charge >= 0.3 is 0 Å². The first-order valence-electron chi connectivity index (χ1n) is 13.1. The van der Waals surface area contributed by atoms with Gasteiger partial charge in [-0.05, 0) is 75.0 Å². The highest BCUT2D eigenvalue weighted by Gasteiger charge is 2.56. The van der Waals surface area contributed by atoms with Crippen molar-refractivity contribution in [2.24, 2.45) is 5.73 Å². The zero-order chi connectivity index (χ0) is 26.9. The first-order valence-corrected chi connectivity index (χ1v) is 13.1. The SMILES string of the molecule is CN(C)Cc1nccn1-c1ccc(N2CC3(CC3)c3c(C(N)=O)nn(-c4ccc5c(c4)CCO5)c3C2=O)cc1. The van der Waals surface area contributed by atoms with Gasteiger partial charge in [0.25, 0.3) is 11.8 Å². The van der Waals surface area contributed by atoms with E-state index in [-0.39, 0.29) is 17.0 Å². The number of rotatable bonds is 6. The fourth-order valence-electron chi connectivity index (χ4n) is 5.89. The van der Waals surface area contributed by atoms with Gasteiger partial charge in [-0.3, -0.25) is 9.59 Å². The van der Waals surface area contributed by atoms with E-state index in [0.717, 1.165) is 53.5 Å². The summed E-state index contributed by atoms with van der Waals surface area (Å²) in [4.78, 5) is 35.0. The second kappa shape index (κ2) is 8.54. The van der Waals surface area contributed by atoms with Crippen LogP contribution in [0.25, 0.3) is 11.4 Å². The van der Waals surface area contributed by atoms with E-state index in [2.05, 4.69) is 15.0 Å². The lowest BCUT2D eigenvalue weighted by Crippen LogP contribution is -2.44. The summed E-state index contributed by atoms with van der Waals surface area (Å²) in [6, 6.07) is 13.7. The maximum absolute atomic E-state index is 14.2. The molecule has 0 saturated heterocycles. The predicted molar refractivity (Wildman–Crippen MR) is 145 cm³/mol. The summed E-state index contributed by atoms with van der Waals surface area (Å²) in [5.41, 5.74) is 10.3. The lowest BCUT2D eigenvalue weighted by molar-refractivity contribution is 0.0966. The van der Waals surface area contributed by atoms with E-state index in [9.17, 15) is 9.59 Å². The van der Waals surface area contributed by atoms with Crippen LogP contribution in [0.4, 0.5) is 5.69 Å². The summed E-state index contributed by atoms with van der Waals surface area (Å²) in [6.45, 7) is 1.83. The van der Waals surface area contributed by atoms with Gasteiger partial charge in [0, 0.05) is 47.7 Å². The van der Waals surface area contributed by atoms with Crippen LogP contribution in [0.5, 0.6) is 5.75 Å². The second-order valence-electron chi connectivity index (χ2n) is 10.9. The molecule has 39 heavy (non-hydrogen) atoms. The van der Waals surface area contributed by atoms with Gasteiger partial charge in [0.15, 0.2) is 5.69 Å². The number of anilines is 1. The third-order valence-electron chi connectivity index (χ3n) is 7.94. The van der Waals surface area contributed by atoms with Crippen molar-refractivity contribution in [1.82, 2.24) is 24.2 Å². The minimum absolute atomic E-state index is 0.191. The van der Waals surface area contributed by atoms with Crippen molar-refractivity contribution in [3.05, 3.63) is 83.2 Å². The van der Waals surface area contributed by atoms with Crippen molar-refractivity contribution >= 4 is 17.5 Å². The first kappa shape index (κ1) is 23.7. The Kier molecular flexibility index (Phi) is 5.18. The molecule has 1 spiro atoms. The molecule has 7 rings (SSSR count). The molecule has 2 aromatic heterocycles. The Labute approximate surface area is 225 Å². The minimum Gasteiger partial charge on any atom is -0.493 e. The third-order valence-corrected chi connectivity index (χ3v) is 7.94. The highest BCUT2D eigenvalue weighted by atomic mass is 16.5. The van der Waals surface area contributed by atoms with Crippen LogP contribution in [-0.2, 0) is 18.4 Å². The summed E-state index contributed by atoms with van der Waals surface area (Å²) in [7, 11) is 4.02. The maximum Gasteiger partial charge on any atom is 0.277 e. The fourth-order valence-corrected chi connectivity index (χ4v) is 5.89. The number of benzene rings is 2. The highest BCUT2D eigenvalue weighted by molar-refractivity contribution is 6.10. The van der Waals surface area contributed by atoms with Crippen molar-refractivity contribution in [2.45, 2.75) is 31.2 Å². The zero-order valence-electron chi connectivity index (χ0n) is 21.9. The van der Waals surface area contributed by atoms with Crippen molar-refractivity contribution in [3.63, 3.8) is 0 Å². The van der Waals surface area contributed by atoms with Crippen molar-refractivity contribution in [1.29, 1.82) is 0 Å². The van der Waals surface area contributed by atoms with E-state index in [0.29, 0.717) is 31.0 Å². The summed E-state index contributed by atoms with van der Waals surface area (Å²) >= 11 is 0. The molecule has 198 valence electrons.